The molecule has 0 bridgehead atoms. The lowest BCUT2D eigenvalue weighted by atomic mass is 10.1. The Morgan fingerprint density at radius 1 is 1.32 bits per heavy atom. The van der Waals surface area contributed by atoms with Gasteiger partial charge in [-0.2, -0.15) is 0 Å². The molecule has 0 saturated carbocycles. The Morgan fingerprint density at radius 2 is 2.00 bits per heavy atom. The Hall–Kier alpha value is -1.79. The Morgan fingerprint density at radius 3 is 2.55 bits per heavy atom. The molecule has 1 heterocycles. The summed E-state index contributed by atoms with van der Waals surface area (Å²) in [5, 5.41) is 6.05. The van der Waals surface area contributed by atoms with Gasteiger partial charge in [0.1, 0.15) is 5.75 Å². The van der Waals surface area contributed by atoms with E-state index in [-0.39, 0.29) is 36.7 Å². The molecule has 2 rings (SSSR count). The molecule has 1 fully saturated rings. The third-order valence-corrected chi connectivity index (χ3v) is 3.41. The first-order chi connectivity index (χ1) is 10.1. The number of halogens is 1. The topological polar surface area (TPSA) is 70.7 Å². The second-order valence-corrected chi connectivity index (χ2v) is 5.28. The molecule has 0 spiro atoms. The number of benzene rings is 1. The first-order valence-corrected chi connectivity index (χ1v) is 7.01. The molecule has 1 aromatic rings. The molecular weight excluding hydrogens is 306 g/mol. The summed E-state index contributed by atoms with van der Waals surface area (Å²) in [6.45, 7) is 1.64. The monoisotopic (exact) mass is 327 g/mol. The van der Waals surface area contributed by atoms with Crippen molar-refractivity contribution in [3.05, 3.63) is 24.3 Å². The number of nitrogens with zero attached hydrogens (tertiary/aromatic N) is 1. The number of hydrogen-bond acceptors (Lipinski definition) is 4. The quantitative estimate of drug-likeness (QED) is 0.850. The van der Waals surface area contributed by atoms with E-state index in [0.29, 0.717) is 5.75 Å². The van der Waals surface area contributed by atoms with E-state index in [2.05, 4.69) is 10.6 Å². The zero-order valence-corrected chi connectivity index (χ0v) is 13.6. The van der Waals surface area contributed by atoms with Crippen LogP contribution in [0.5, 0.6) is 5.75 Å². The normalized spacial score (nSPS) is 16.5. The summed E-state index contributed by atoms with van der Waals surface area (Å²) in [4.78, 5) is 24.8. The van der Waals surface area contributed by atoms with Crippen LogP contribution in [0.25, 0.3) is 0 Å². The number of ether oxygens (including phenoxy) is 1. The van der Waals surface area contributed by atoms with Crippen LogP contribution in [0.1, 0.15) is 6.42 Å². The zero-order valence-electron chi connectivity index (χ0n) is 12.8. The van der Waals surface area contributed by atoms with Crippen molar-refractivity contribution in [2.24, 2.45) is 5.92 Å². The van der Waals surface area contributed by atoms with Gasteiger partial charge in [-0.1, -0.05) is 0 Å². The van der Waals surface area contributed by atoms with Gasteiger partial charge >= 0.3 is 0 Å². The molecule has 0 aromatic heterocycles. The van der Waals surface area contributed by atoms with Gasteiger partial charge < -0.3 is 20.3 Å². The van der Waals surface area contributed by atoms with Crippen molar-refractivity contribution in [1.82, 2.24) is 10.2 Å². The van der Waals surface area contributed by atoms with E-state index in [4.69, 9.17) is 4.74 Å². The number of rotatable bonds is 5. The number of nitrogens with one attached hydrogen (secondary N) is 2. The predicted octanol–water partition coefficient (Wildman–Crippen LogP) is 1.12. The van der Waals surface area contributed by atoms with Gasteiger partial charge in [0.05, 0.1) is 5.92 Å². The molecule has 22 heavy (non-hydrogen) atoms. The minimum absolute atomic E-state index is 0. The number of hydrogen-bond donors (Lipinski definition) is 2. The first kappa shape index (κ1) is 18.3. The molecule has 2 amide bonds. The highest BCUT2D eigenvalue weighted by molar-refractivity contribution is 5.92. The van der Waals surface area contributed by atoms with Crippen LogP contribution in [-0.4, -0.2) is 50.5 Å². The van der Waals surface area contributed by atoms with Gasteiger partial charge in [-0.3, -0.25) is 9.59 Å². The van der Waals surface area contributed by atoms with Crippen LogP contribution in [0.15, 0.2) is 24.3 Å². The van der Waals surface area contributed by atoms with Crippen LogP contribution in [0, 0.1) is 5.92 Å². The fourth-order valence-corrected chi connectivity index (χ4v) is 2.03. The Balaban J connectivity index is 0.00000242. The van der Waals surface area contributed by atoms with E-state index >= 15 is 0 Å². The molecular formula is C15H22ClN3O3. The van der Waals surface area contributed by atoms with Crippen molar-refractivity contribution < 1.29 is 14.3 Å². The molecule has 2 N–H and O–H groups in total. The number of carbonyl (C=O) groups excluding carboxylic acids is 2. The summed E-state index contributed by atoms with van der Waals surface area (Å²) in [6.07, 6.45) is 0.875. The molecule has 0 radical (unpaired) electrons. The summed E-state index contributed by atoms with van der Waals surface area (Å²) in [7, 11) is 3.37. The molecule has 1 aromatic carbocycles. The lowest BCUT2D eigenvalue weighted by molar-refractivity contribution is -0.130. The molecule has 7 heteroatoms. The van der Waals surface area contributed by atoms with E-state index in [1.54, 1.807) is 38.4 Å². The molecule has 0 aliphatic carbocycles. The largest absolute Gasteiger partial charge is 0.484 e. The highest BCUT2D eigenvalue weighted by atomic mass is 35.5. The summed E-state index contributed by atoms with van der Waals surface area (Å²) in [5.41, 5.74) is 0.734. The third kappa shape index (κ3) is 5.20. The molecule has 1 aliphatic rings. The molecule has 1 saturated heterocycles. The Kier molecular flexibility index (Phi) is 7.14. The summed E-state index contributed by atoms with van der Waals surface area (Å²) in [6, 6.07) is 7.03. The maximum Gasteiger partial charge on any atom is 0.259 e. The summed E-state index contributed by atoms with van der Waals surface area (Å²) >= 11 is 0. The van der Waals surface area contributed by atoms with Gasteiger partial charge in [0.25, 0.3) is 5.91 Å². The molecule has 6 nitrogen and oxygen atoms in total. The molecule has 122 valence electrons. The van der Waals surface area contributed by atoms with Crippen LogP contribution < -0.4 is 15.4 Å². The van der Waals surface area contributed by atoms with E-state index in [0.717, 1.165) is 25.2 Å². The van der Waals surface area contributed by atoms with Crippen molar-refractivity contribution >= 4 is 29.9 Å². The predicted molar refractivity (Wildman–Crippen MR) is 87.5 cm³/mol. The number of likely N-dealkylation sites (N-methyl/N-ethyl adjacent to an activating group) is 1. The maximum absolute atomic E-state index is 12.0. The lowest BCUT2D eigenvalue weighted by Crippen LogP contribution is -2.27. The fourth-order valence-electron chi connectivity index (χ4n) is 2.03. The average molecular weight is 328 g/mol. The highest BCUT2D eigenvalue weighted by Crippen LogP contribution is 2.17. The smallest absolute Gasteiger partial charge is 0.259 e. The molecule has 1 aliphatic heterocycles. The Bertz CT molecular complexity index is 499. The second kappa shape index (κ2) is 8.60. The van der Waals surface area contributed by atoms with Crippen molar-refractivity contribution in [3.8, 4) is 5.75 Å². The average Bonchev–Trinajstić information content (AvgIpc) is 3.00. The van der Waals surface area contributed by atoms with Crippen molar-refractivity contribution in [1.29, 1.82) is 0 Å². The minimum atomic E-state index is -0.0962. The summed E-state index contributed by atoms with van der Waals surface area (Å²) < 4.78 is 5.37. The van der Waals surface area contributed by atoms with Crippen molar-refractivity contribution in [2.75, 3.05) is 39.1 Å². The number of amides is 2. The highest BCUT2D eigenvalue weighted by Gasteiger charge is 2.22. The molecule has 1 atom stereocenters. The van der Waals surface area contributed by atoms with Gasteiger partial charge in [-0.25, -0.2) is 0 Å². The maximum atomic E-state index is 12.0. The van der Waals surface area contributed by atoms with Crippen LogP contribution in [0.2, 0.25) is 0 Å². The Labute approximate surface area is 136 Å². The van der Waals surface area contributed by atoms with E-state index in [1.165, 1.54) is 4.90 Å². The van der Waals surface area contributed by atoms with Crippen LogP contribution >= 0.6 is 12.4 Å². The molecule has 1 unspecified atom stereocenters. The van der Waals surface area contributed by atoms with Crippen LogP contribution in [-0.2, 0) is 9.59 Å². The van der Waals surface area contributed by atoms with Gasteiger partial charge in [0.2, 0.25) is 5.91 Å². The van der Waals surface area contributed by atoms with Crippen molar-refractivity contribution in [2.45, 2.75) is 6.42 Å². The van der Waals surface area contributed by atoms with Gasteiger partial charge in [-0.05, 0) is 37.2 Å². The van der Waals surface area contributed by atoms with Gasteiger partial charge in [0.15, 0.2) is 6.61 Å². The second-order valence-electron chi connectivity index (χ2n) is 5.28. The zero-order chi connectivity index (χ0) is 15.2. The lowest BCUT2D eigenvalue weighted by Gasteiger charge is -2.12. The third-order valence-electron chi connectivity index (χ3n) is 3.41. The minimum Gasteiger partial charge on any atom is -0.484 e. The summed E-state index contributed by atoms with van der Waals surface area (Å²) in [5.74, 6) is 0.585. The first-order valence-electron chi connectivity index (χ1n) is 7.01. The SMILES string of the molecule is CN(C)C(=O)COc1ccc(NC(=O)C2CCNC2)cc1.Cl. The van der Waals surface area contributed by atoms with E-state index in [9.17, 15) is 9.59 Å². The van der Waals surface area contributed by atoms with Gasteiger partial charge in [0, 0.05) is 26.3 Å². The van der Waals surface area contributed by atoms with E-state index in [1.807, 2.05) is 0 Å². The van der Waals surface area contributed by atoms with Crippen LogP contribution in [0.4, 0.5) is 5.69 Å². The standard InChI is InChI=1S/C15H21N3O3.ClH/c1-18(2)14(19)10-21-13-5-3-12(4-6-13)17-15(20)11-7-8-16-9-11;/h3-6,11,16H,7-10H2,1-2H3,(H,17,20);1H. The number of anilines is 1. The van der Waals surface area contributed by atoms with E-state index < -0.39 is 0 Å². The van der Waals surface area contributed by atoms with Crippen molar-refractivity contribution in [3.63, 3.8) is 0 Å². The van der Waals surface area contributed by atoms with Gasteiger partial charge in [-0.15, -0.1) is 12.4 Å². The fraction of sp³-hybridized carbons (Fsp3) is 0.467. The number of carbonyl (C=O) groups is 2. The van der Waals surface area contributed by atoms with Crippen LogP contribution in [0.3, 0.4) is 0 Å².